The third kappa shape index (κ3) is 2.45. The second kappa shape index (κ2) is 5.25. The van der Waals surface area contributed by atoms with E-state index in [1.165, 1.54) is 6.07 Å². The summed E-state index contributed by atoms with van der Waals surface area (Å²) in [5, 5.41) is 0.469. The minimum atomic E-state index is -0.293. The first-order valence-corrected chi connectivity index (χ1v) is 6.20. The molecule has 1 aromatic heterocycles. The largest absolute Gasteiger partial charge is 0.497 e. The zero-order valence-corrected chi connectivity index (χ0v) is 10.9. The number of furan rings is 1. The van der Waals surface area contributed by atoms with Crippen LogP contribution < -0.4 is 9.47 Å². The third-order valence-electron chi connectivity index (χ3n) is 2.98. The van der Waals surface area contributed by atoms with E-state index in [1.54, 1.807) is 31.4 Å². The Morgan fingerprint density at radius 3 is 2.65 bits per heavy atom. The molecule has 0 radical (unpaired) electrons. The molecule has 0 fully saturated rings. The molecule has 3 nitrogen and oxygen atoms in total. The van der Waals surface area contributed by atoms with Crippen molar-refractivity contribution in [2.75, 3.05) is 7.11 Å². The van der Waals surface area contributed by atoms with Gasteiger partial charge in [-0.3, -0.25) is 0 Å². The lowest BCUT2D eigenvalue weighted by Crippen LogP contribution is -1.94. The number of hydrogen-bond donors (Lipinski definition) is 0. The summed E-state index contributed by atoms with van der Waals surface area (Å²) in [5.74, 6) is 1.68. The maximum atomic E-state index is 13.5. The molecule has 4 heteroatoms. The lowest BCUT2D eigenvalue weighted by Gasteiger charge is -2.05. The topological polar surface area (TPSA) is 31.6 Å². The van der Waals surface area contributed by atoms with Gasteiger partial charge in [-0.05, 0) is 30.3 Å². The van der Waals surface area contributed by atoms with Gasteiger partial charge in [0.15, 0.2) is 0 Å². The van der Waals surface area contributed by atoms with Crippen LogP contribution in [0.25, 0.3) is 11.0 Å². The predicted octanol–water partition coefficient (Wildman–Crippen LogP) is 4.16. The van der Waals surface area contributed by atoms with Crippen molar-refractivity contribution < 1.29 is 18.3 Å². The molecule has 3 aromatic rings. The standard InChI is InChI=1S/C16H13FO3/c1-18-11-4-2-5-12(8-11)19-10-13-9-14-15(17)6-3-7-16(14)20-13/h2-9H,10H2,1H3. The Morgan fingerprint density at radius 2 is 1.85 bits per heavy atom. The molecule has 0 aliphatic carbocycles. The summed E-state index contributed by atoms with van der Waals surface area (Å²) in [7, 11) is 1.60. The van der Waals surface area contributed by atoms with Crippen molar-refractivity contribution in [2.24, 2.45) is 0 Å². The first kappa shape index (κ1) is 12.5. The number of rotatable bonds is 4. The number of fused-ring (bicyclic) bond motifs is 1. The van der Waals surface area contributed by atoms with E-state index < -0.39 is 0 Å². The number of methoxy groups -OCH3 is 1. The smallest absolute Gasteiger partial charge is 0.146 e. The average Bonchev–Trinajstić information content (AvgIpc) is 2.90. The van der Waals surface area contributed by atoms with Crippen molar-refractivity contribution in [2.45, 2.75) is 6.61 Å². The summed E-state index contributed by atoms with van der Waals surface area (Å²) in [6.45, 7) is 0.237. The lowest BCUT2D eigenvalue weighted by molar-refractivity contribution is 0.273. The second-order valence-electron chi connectivity index (χ2n) is 4.33. The van der Waals surface area contributed by atoms with Crippen LogP contribution in [0.4, 0.5) is 4.39 Å². The van der Waals surface area contributed by atoms with E-state index in [1.807, 2.05) is 18.2 Å². The van der Waals surface area contributed by atoms with Crippen molar-refractivity contribution in [3.05, 3.63) is 60.1 Å². The first-order chi connectivity index (χ1) is 9.76. The zero-order chi connectivity index (χ0) is 13.9. The normalized spacial score (nSPS) is 10.7. The highest BCUT2D eigenvalue weighted by atomic mass is 19.1. The van der Waals surface area contributed by atoms with Crippen LogP contribution in [0.1, 0.15) is 5.76 Å². The van der Waals surface area contributed by atoms with Gasteiger partial charge in [0.1, 0.15) is 35.3 Å². The third-order valence-corrected chi connectivity index (χ3v) is 2.98. The molecule has 0 spiro atoms. The SMILES string of the molecule is COc1cccc(OCc2cc3c(F)cccc3o2)c1. The highest BCUT2D eigenvalue weighted by molar-refractivity contribution is 5.78. The fourth-order valence-corrected chi connectivity index (χ4v) is 1.99. The highest BCUT2D eigenvalue weighted by Crippen LogP contribution is 2.24. The average molecular weight is 272 g/mol. The molecule has 20 heavy (non-hydrogen) atoms. The summed E-state index contributed by atoms with van der Waals surface area (Å²) in [6.07, 6.45) is 0. The fraction of sp³-hybridized carbons (Fsp3) is 0.125. The van der Waals surface area contributed by atoms with Crippen LogP contribution in [0.3, 0.4) is 0 Å². The van der Waals surface area contributed by atoms with E-state index in [0.29, 0.717) is 22.5 Å². The van der Waals surface area contributed by atoms with Crippen LogP contribution in [-0.4, -0.2) is 7.11 Å². The van der Waals surface area contributed by atoms with Crippen LogP contribution in [0, 0.1) is 5.82 Å². The Balaban J connectivity index is 1.78. The number of ether oxygens (including phenoxy) is 2. The van der Waals surface area contributed by atoms with Crippen LogP contribution in [-0.2, 0) is 6.61 Å². The van der Waals surface area contributed by atoms with Crippen LogP contribution in [0.15, 0.2) is 52.9 Å². The van der Waals surface area contributed by atoms with Gasteiger partial charge in [-0.25, -0.2) is 4.39 Å². The Hall–Kier alpha value is -2.49. The van der Waals surface area contributed by atoms with Crippen molar-refractivity contribution in [3.8, 4) is 11.5 Å². The van der Waals surface area contributed by atoms with Crippen molar-refractivity contribution in [3.63, 3.8) is 0 Å². The van der Waals surface area contributed by atoms with Gasteiger partial charge >= 0.3 is 0 Å². The van der Waals surface area contributed by atoms with Gasteiger partial charge < -0.3 is 13.9 Å². The van der Waals surface area contributed by atoms with E-state index in [2.05, 4.69) is 0 Å². The van der Waals surface area contributed by atoms with Gasteiger partial charge in [-0.15, -0.1) is 0 Å². The summed E-state index contributed by atoms with van der Waals surface area (Å²) in [5.41, 5.74) is 0.522. The molecule has 0 aliphatic heterocycles. The van der Waals surface area contributed by atoms with Crippen molar-refractivity contribution in [1.82, 2.24) is 0 Å². The van der Waals surface area contributed by atoms with Gasteiger partial charge in [0.2, 0.25) is 0 Å². The molecular formula is C16H13FO3. The Kier molecular flexibility index (Phi) is 3.29. The van der Waals surface area contributed by atoms with Crippen molar-refractivity contribution in [1.29, 1.82) is 0 Å². The molecule has 0 saturated carbocycles. The summed E-state index contributed by atoms with van der Waals surface area (Å²) >= 11 is 0. The lowest BCUT2D eigenvalue weighted by atomic mass is 10.2. The monoisotopic (exact) mass is 272 g/mol. The number of halogens is 1. The second-order valence-corrected chi connectivity index (χ2v) is 4.33. The molecule has 0 aliphatic rings. The molecule has 0 bridgehead atoms. The summed E-state index contributed by atoms with van der Waals surface area (Å²) in [6, 6.07) is 13.7. The van der Waals surface area contributed by atoms with Gasteiger partial charge in [0.05, 0.1) is 12.5 Å². The maximum absolute atomic E-state index is 13.5. The molecular weight excluding hydrogens is 259 g/mol. The molecule has 0 atom stereocenters. The molecule has 1 heterocycles. The molecule has 0 unspecified atom stereocenters. The van der Waals surface area contributed by atoms with Gasteiger partial charge in [-0.1, -0.05) is 12.1 Å². The minimum Gasteiger partial charge on any atom is -0.497 e. The fourth-order valence-electron chi connectivity index (χ4n) is 1.99. The van der Waals surface area contributed by atoms with Gasteiger partial charge in [0, 0.05) is 6.07 Å². The molecule has 0 amide bonds. The Labute approximate surface area is 115 Å². The number of hydrogen-bond acceptors (Lipinski definition) is 3. The van der Waals surface area contributed by atoms with E-state index in [9.17, 15) is 4.39 Å². The highest BCUT2D eigenvalue weighted by Gasteiger charge is 2.08. The first-order valence-electron chi connectivity index (χ1n) is 6.20. The molecule has 102 valence electrons. The summed E-state index contributed by atoms with van der Waals surface area (Å²) < 4.78 is 29.8. The van der Waals surface area contributed by atoms with Gasteiger partial charge in [-0.2, -0.15) is 0 Å². The molecule has 0 N–H and O–H groups in total. The van der Waals surface area contributed by atoms with E-state index in [4.69, 9.17) is 13.9 Å². The van der Waals surface area contributed by atoms with E-state index in [-0.39, 0.29) is 12.4 Å². The Morgan fingerprint density at radius 1 is 1.05 bits per heavy atom. The molecule has 2 aromatic carbocycles. The molecule has 3 rings (SSSR count). The van der Waals surface area contributed by atoms with E-state index in [0.717, 1.165) is 5.75 Å². The van der Waals surface area contributed by atoms with E-state index >= 15 is 0 Å². The minimum absolute atomic E-state index is 0.237. The predicted molar refractivity (Wildman–Crippen MR) is 73.5 cm³/mol. The number of benzene rings is 2. The maximum Gasteiger partial charge on any atom is 0.146 e. The quantitative estimate of drug-likeness (QED) is 0.714. The van der Waals surface area contributed by atoms with Crippen LogP contribution in [0.2, 0.25) is 0 Å². The molecule has 0 saturated heterocycles. The van der Waals surface area contributed by atoms with Crippen molar-refractivity contribution >= 4 is 11.0 Å². The van der Waals surface area contributed by atoms with Gasteiger partial charge in [0.25, 0.3) is 0 Å². The van der Waals surface area contributed by atoms with Crippen LogP contribution >= 0.6 is 0 Å². The zero-order valence-electron chi connectivity index (χ0n) is 10.9. The Bertz CT molecular complexity index is 733. The summed E-state index contributed by atoms with van der Waals surface area (Å²) in [4.78, 5) is 0. The van der Waals surface area contributed by atoms with Crippen LogP contribution in [0.5, 0.6) is 11.5 Å².